The van der Waals surface area contributed by atoms with Gasteiger partial charge in [-0.25, -0.2) is 0 Å². The minimum absolute atomic E-state index is 0.196. The Kier molecular flexibility index (Phi) is 6.36. The molecule has 0 unspecified atom stereocenters. The minimum Gasteiger partial charge on any atom is -0.465 e. The summed E-state index contributed by atoms with van der Waals surface area (Å²) >= 11 is 0. The fourth-order valence-electron chi connectivity index (χ4n) is 1.76. The van der Waals surface area contributed by atoms with Gasteiger partial charge in [-0.15, -0.1) is 0 Å². The van der Waals surface area contributed by atoms with E-state index >= 15 is 0 Å². The first-order chi connectivity index (χ1) is 7.33. The Morgan fingerprint density at radius 2 is 2.13 bits per heavy atom. The van der Waals surface area contributed by atoms with Crippen LogP contribution in [0.4, 0.5) is 0 Å². The maximum Gasteiger partial charge on any atom is 0.319 e. The van der Waals surface area contributed by atoms with Crippen molar-refractivity contribution < 1.29 is 14.3 Å². The quantitative estimate of drug-likeness (QED) is 0.510. The lowest BCUT2D eigenvalue weighted by Crippen LogP contribution is -2.28. The normalized spacial score (nSPS) is 16.9. The molecule has 0 spiro atoms. The minimum atomic E-state index is -0.196. The second kappa shape index (κ2) is 7.65. The Hall–Kier alpha value is -0.610. The third-order valence-electron chi connectivity index (χ3n) is 2.51. The van der Waals surface area contributed by atoms with Gasteiger partial charge in [0.1, 0.15) is 0 Å². The van der Waals surface area contributed by atoms with E-state index in [-0.39, 0.29) is 12.5 Å². The van der Waals surface area contributed by atoms with Crippen LogP contribution in [0.1, 0.15) is 32.6 Å². The molecule has 1 aliphatic rings. The number of carbonyl (C=O) groups excluding carboxylic acids is 1. The highest BCUT2D eigenvalue weighted by atomic mass is 16.5. The van der Waals surface area contributed by atoms with Crippen molar-refractivity contribution >= 4 is 5.97 Å². The Morgan fingerprint density at radius 3 is 2.80 bits per heavy atom. The molecule has 0 atom stereocenters. The maximum atomic E-state index is 10.9. The summed E-state index contributed by atoms with van der Waals surface area (Å²) in [6.45, 7) is 3.93. The van der Waals surface area contributed by atoms with Gasteiger partial charge in [-0.2, -0.15) is 0 Å². The van der Waals surface area contributed by atoms with Gasteiger partial charge in [0.25, 0.3) is 0 Å². The number of esters is 1. The van der Waals surface area contributed by atoms with E-state index in [4.69, 9.17) is 9.47 Å². The average molecular weight is 215 g/mol. The standard InChI is InChI=1S/C11H21NO3/c1-2-14-11(13)9-12-7-8-15-10-5-3-4-6-10/h10,12H,2-9H2,1H3. The van der Waals surface area contributed by atoms with E-state index in [1.807, 2.05) is 0 Å². The van der Waals surface area contributed by atoms with Crippen molar-refractivity contribution in [1.29, 1.82) is 0 Å². The molecule has 1 rings (SSSR count). The fourth-order valence-corrected chi connectivity index (χ4v) is 1.76. The first-order valence-corrected chi connectivity index (χ1v) is 5.81. The molecule has 0 heterocycles. The van der Waals surface area contributed by atoms with Gasteiger partial charge in [-0.3, -0.25) is 4.79 Å². The predicted molar refractivity (Wildman–Crippen MR) is 57.7 cm³/mol. The van der Waals surface area contributed by atoms with Crippen molar-refractivity contribution in [2.45, 2.75) is 38.7 Å². The fraction of sp³-hybridized carbons (Fsp3) is 0.909. The molecular weight excluding hydrogens is 194 g/mol. The predicted octanol–water partition coefficient (Wildman–Crippen LogP) is 1.10. The van der Waals surface area contributed by atoms with E-state index in [0.29, 0.717) is 19.3 Å². The summed E-state index contributed by atoms with van der Waals surface area (Å²) in [6.07, 6.45) is 5.42. The van der Waals surface area contributed by atoms with Gasteiger partial charge in [-0.05, 0) is 19.8 Å². The largest absolute Gasteiger partial charge is 0.465 e. The molecule has 88 valence electrons. The zero-order valence-electron chi connectivity index (χ0n) is 9.46. The molecule has 0 radical (unpaired) electrons. The Balaban J connectivity index is 1.86. The Bertz CT molecular complexity index is 179. The number of rotatable bonds is 7. The van der Waals surface area contributed by atoms with Crippen LogP contribution >= 0.6 is 0 Å². The molecule has 1 N–H and O–H groups in total. The van der Waals surface area contributed by atoms with Crippen LogP contribution < -0.4 is 5.32 Å². The van der Waals surface area contributed by atoms with E-state index in [0.717, 1.165) is 6.54 Å². The van der Waals surface area contributed by atoms with E-state index < -0.39 is 0 Å². The smallest absolute Gasteiger partial charge is 0.319 e. The van der Waals surface area contributed by atoms with Gasteiger partial charge >= 0.3 is 5.97 Å². The molecule has 1 fully saturated rings. The lowest BCUT2D eigenvalue weighted by Gasteiger charge is -2.11. The van der Waals surface area contributed by atoms with Crippen LogP contribution in [0.25, 0.3) is 0 Å². The van der Waals surface area contributed by atoms with Crippen LogP contribution in [-0.2, 0) is 14.3 Å². The van der Waals surface area contributed by atoms with E-state index in [2.05, 4.69) is 5.32 Å². The van der Waals surface area contributed by atoms with Crippen molar-refractivity contribution in [1.82, 2.24) is 5.32 Å². The SMILES string of the molecule is CCOC(=O)CNCCOC1CCCC1. The maximum absolute atomic E-state index is 10.9. The van der Waals surface area contributed by atoms with Crippen molar-refractivity contribution in [2.24, 2.45) is 0 Å². The highest BCUT2D eigenvalue weighted by molar-refractivity contribution is 5.71. The zero-order valence-corrected chi connectivity index (χ0v) is 9.46. The lowest BCUT2D eigenvalue weighted by molar-refractivity contribution is -0.142. The number of carbonyl (C=O) groups is 1. The molecule has 4 heteroatoms. The summed E-state index contributed by atoms with van der Waals surface area (Å²) in [5.74, 6) is -0.196. The third-order valence-corrected chi connectivity index (χ3v) is 2.51. The molecule has 0 bridgehead atoms. The first kappa shape index (κ1) is 12.5. The molecule has 0 aromatic carbocycles. The summed E-state index contributed by atoms with van der Waals surface area (Å²) in [4.78, 5) is 10.9. The van der Waals surface area contributed by atoms with Gasteiger partial charge in [0, 0.05) is 6.54 Å². The third kappa shape index (κ3) is 5.74. The highest BCUT2D eigenvalue weighted by Crippen LogP contribution is 2.20. The van der Waals surface area contributed by atoms with E-state index in [1.54, 1.807) is 6.92 Å². The van der Waals surface area contributed by atoms with Crippen LogP contribution in [-0.4, -0.2) is 38.4 Å². The number of nitrogens with one attached hydrogen (secondary N) is 1. The van der Waals surface area contributed by atoms with Crippen molar-refractivity contribution in [2.75, 3.05) is 26.3 Å². The van der Waals surface area contributed by atoms with Crippen LogP contribution in [0.2, 0.25) is 0 Å². The molecule has 4 nitrogen and oxygen atoms in total. The number of ether oxygens (including phenoxy) is 2. The van der Waals surface area contributed by atoms with Gasteiger partial charge in [0.15, 0.2) is 0 Å². The molecule has 15 heavy (non-hydrogen) atoms. The second-order valence-electron chi connectivity index (χ2n) is 3.76. The van der Waals surface area contributed by atoms with Gasteiger partial charge in [0.2, 0.25) is 0 Å². The number of hydrogen-bond donors (Lipinski definition) is 1. The van der Waals surface area contributed by atoms with Crippen LogP contribution in [0.3, 0.4) is 0 Å². The van der Waals surface area contributed by atoms with Crippen molar-refractivity contribution in [3.63, 3.8) is 0 Å². The second-order valence-corrected chi connectivity index (χ2v) is 3.76. The molecule has 0 aromatic rings. The molecule has 0 amide bonds. The van der Waals surface area contributed by atoms with Gasteiger partial charge in [0.05, 0.1) is 25.9 Å². The first-order valence-electron chi connectivity index (χ1n) is 5.81. The molecule has 1 aliphatic carbocycles. The highest BCUT2D eigenvalue weighted by Gasteiger charge is 2.14. The van der Waals surface area contributed by atoms with Crippen LogP contribution in [0.15, 0.2) is 0 Å². The molecule has 1 saturated carbocycles. The summed E-state index contributed by atoms with van der Waals surface area (Å²) in [7, 11) is 0. The molecular formula is C11H21NO3. The zero-order chi connectivity index (χ0) is 10.9. The van der Waals surface area contributed by atoms with Crippen molar-refractivity contribution in [3.05, 3.63) is 0 Å². The van der Waals surface area contributed by atoms with Gasteiger partial charge in [-0.1, -0.05) is 12.8 Å². The van der Waals surface area contributed by atoms with E-state index in [1.165, 1.54) is 25.7 Å². The molecule has 0 aromatic heterocycles. The summed E-state index contributed by atoms with van der Waals surface area (Å²) in [6, 6.07) is 0. The lowest BCUT2D eigenvalue weighted by atomic mass is 10.3. The summed E-state index contributed by atoms with van der Waals surface area (Å²) in [5.41, 5.74) is 0. The van der Waals surface area contributed by atoms with Gasteiger partial charge < -0.3 is 14.8 Å². The van der Waals surface area contributed by atoms with E-state index in [9.17, 15) is 4.79 Å². The van der Waals surface area contributed by atoms with Crippen molar-refractivity contribution in [3.8, 4) is 0 Å². The molecule has 0 saturated heterocycles. The molecule has 0 aliphatic heterocycles. The Morgan fingerprint density at radius 1 is 1.40 bits per heavy atom. The summed E-state index contributed by atoms with van der Waals surface area (Å²) in [5, 5.41) is 2.99. The summed E-state index contributed by atoms with van der Waals surface area (Å²) < 4.78 is 10.4. The monoisotopic (exact) mass is 215 g/mol. The Labute approximate surface area is 91.3 Å². The topological polar surface area (TPSA) is 47.6 Å². The van der Waals surface area contributed by atoms with Crippen LogP contribution in [0, 0.1) is 0 Å². The average Bonchev–Trinajstić information content (AvgIpc) is 2.70. The number of hydrogen-bond acceptors (Lipinski definition) is 4. The van der Waals surface area contributed by atoms with Crippen LogP contribution in [0.5, 0.6) is 0 Å².